The summed E-state index contributed by atoms with van der Waals surface area (Å²) in [5.41, 5.74) is 0.360. The molecule has 3 rings (SSSR count). The van der Waals surface area contributed by atoms with Crippen molar-refractivity contribution in [2.45, 2.75) is 18.0 Å². The Bertz CT molecular complexity index is 1030. The van der Waals surface area contributed by atoms with Crippen molar-refractivity contribution >= 4 is 15.8 Å². The van der Waals surface area contributed by atoms with E-state index in [9.17, 15) is 21.6 Å². The summed E-state index contributed by atoms with van der Waals surface area (Å²) in [5, 5.41) is 4.17. The van der Waals surface area contributed by atoms with Crippen LogP contribution < -0.4 is 4.72 Å². The summed E-state index contributed by atoms with van der Waals surface area (Å²) in [7, 11) is -4.21. The molecule has 136 valence electrons. The standard InChI is InChI=1S/C17H14F3N3O2S/c1-12-10-16(21-23(12)14-7-3-2-4-8-14)22-26(24,25)15-9-5-6-13(11-15)17(18,19)20/h2-11H,1H3,(H,21,22). The second-order valence-electron chi connectivity index (χ2n) is 5.55. The number of benzene rings is 2. The van der Waals surface area contributed by atoms with Crippen molar-refractivity contribution in [3.63, 3.8) is 0 Å². The monoisotopic (exact) mass is 381 g/mol. The van der Waals surface area contributed by atoms with Crippen molar-refractivity contribution in [2.75, 3.05) is 4.72 Å². The largest absolute Gasteiger partial charge is 0.416 e. The molecule has 0 spiro atoms. The van der Waals surface area contributed by atoms with Crippen LogP contribution in [0.5, 0.6) is 0 Å². The maximum absolute atomic E-state index is 12.8. The minimum Gasteiger partial charge on any atom is -0.262 e. The molecule has 0 aliphatic rings. The molecule has 1 aromatic heterocycles. The van der Waals surface area contributed by atoms with Gasteiger partial charge in [0.05, 0.1) is 16.1 Å². The molecule has 0 saturated heterocycles. The molecule has 5 nitrogen and oxygen atoms in total. The van der Waals surface area contributed by atoms with Crippen LogP contribution in [-0.2, 0) is 16.2 Å². The van der Waals surface area contributed by atoms with Crippen molar-refractivity contribution in [3.05, 3.63) is 71.9 Å². The van der Waals surface area contributed by atoms with E-state index in [1.54, 1.807) is 19.1 Å². The zero-order valence-corrected chi connectivity index (χ0v) is 14.3. The number of sulfonamides is 1. The number of nitrogens with one attached hydrogen (secondary N) is 1. The Balaban J connectivity index is 1.92. The third-order valence-corrected chi connectivity index (χ3v) is 4.95. The van der Waals surface area contributed by atoms with Gasteiger partial charge in [0, 0.05) is 11.8 Å². The van der Waals surface area contributed by atoms with E-state index in [4.69, 9.17) is 0 Å². The number of alkyl halides is 3. The van der Waals surface area contributed by atoms with Gasteiger partial charge in [-0.1, -0.05) is 24.3 Å². The Labute approximate surface area is 148 Å². The Hall–Kier alpha value is -2.81. The predicted molar refractivity (Wildman–Crippen MR) is 90.6 cm³/mol. The number of para-hydroxylation sites is 1. The number of halogens is 3. The Morgan fingerprint density at radius 3 is 2.35 bits per heavy atom. The lowest BCUT2D eigenvalue weighted by molar-refractivity contribution is -0.137. The molecule has 0 atom stereocenters. The number of aryl methyl sites for hydroxylation is 1. The molecule has 0 aliphatic heterocycles. The molecule has 1 N–H and O–H groups in total. The zero-order valence-electron chi connectivity index (χ0n) is 13.5. The normalized spacial score (nSPS) is 12.2. The van der Waals surface area contributed by atoms with Gasteiger partial charge in [0.15, 0.2) is 5.82 Å². The number of aromatic nitrogens is 2. The van der Waals surface area contributed by atoms with Crippen LogP contribution in [0, 0.1) is 6.92 Å². The highest BCUT2D eigenvalue weighted by atomic mass is 32.2. The lowest BCUT2D eigenvalue weighted by Crippen LogP contribution is -2.15. The van der Waals surface area contributed by atoms with Crippen LogP contribution in [0.4, 0.5) is 19.0 Å². The molecule has 1 heterocycles. The van der Waals surface area contributed by atoms with Crippen LogP contribution in [0.25, 0.3) is 5.69 Å². The van der Waals surface area contributed by atoms with Crippen LogP contribution in [0.3, 0.4) is 0 Å². The summed E-state index contributed by atoms with van der Waals surface area (Å²) in [4.78, 5) is -0.487. The second-order valence-corrected chi connectivity index (χ2v) is 7.23. The number of anilines is 1. The van der Waals surface area contributed by atoms with E-state index in [0.29, 0.717) is 11.8 Å². The van der Waals surface area contributed by atoms with Gasteiger partial charge in [-0.3, -0.25) is 4.72 Å². The van der Waals surface area contributed by atoms with Gasteiger partial charge in [0.2, 0.25) is 0 Å². The third kappa shape index (κ3) is 3.72. The van der Waals surface area contributed by atoms with E-state index in [0.717, 1.165) is 23.9 Å². The SMILES string of the molecule is Cc1cc(NS(=O)(=O)c2cccc(C(F)(F)F)c2)nn1-c1ccccc1. The molecule has 0 amide bonds. The molecule has 0 saturated carbocycles. The van der Waals surface area contributed by atoms with Gasteiger partial charge in [-0.25, -0.2) is 13.1 Å². The van der Waals surface area contributed by atoms with Crippen LogP contribution in [0.2, 0.25) is 0 Å². The first kappa shape index (κ1) is 18.0. The molecule has 0 bridgehead atoms. The fourth-order valence-electron chi connectivity index (χ4n) is 2.39. The number of rotatable bonds is 4. The average Bonchev–Trinajstić information content (AvgIpc) is 2.94. The number of nitrogens with zero attached hydrogens (tertiary/aromatic N) is 2. The van der Waals surface area contributed by atoms with Crippen LogP contribution in [0.15, 0.2) is 65.6 Å². The zero-order chi connectivity index (χ0) is 18.9. The van der Waals surface area contributed by atoms with E-state index < -0.39 is 26.7 Å². The molecular formula is C17H14F3N3O2S. The first-order valence-electron chi connectivity index (χ1n) is 7.49. The highest BCUT2D eigenvalue weighted by Crippen LogP contribution is 2.30. The average molecular weight is 381 g/mol. The first-order chi connectivity index (χ1) is 12.2. The summed E-state index contributed by atoms with van der Waals surface area (Å²) < 4.78 is 67.0. The smallest absolute Gasteiger partial charge is 0.262 e. The molecular weight excluding hydrogens is 367 g/mol. The van der Waals surface area contributed by atoms with Gasteiger partial charge in [0.25, 0.3) is 10.0 Å². The summed E-state index contributed by atoms with van der Waals surface area (Å²) in [6, 6.07) is 14.1. The molecule has 26 heavy (non-hydrogen) atoms. The van der Waals surface area contributed by atoms with E-state index in [-0.39, 0.29) is 5.82 Å². The number of hydrogen-bond donors (Lipinski definition) is 1. The quantitative estimate of drug-likeness (QED) is 0.743. The summed E-state index contributed by atoms with van der Waals surface area (Å²) in [6.07, 6.45) is -4.63. The third-order valence-electron chi connectivity index (χ3n) is 3.60. The molecule has 9 heteroatoms. The van der Waals surface area contributed by atoms with Gasteiger partial charge < -0.3 is 0 Å². The lowest BCUT2D eigenvalue weighted by Gasteiger charge is -2.09. The van der Waals surface area contributed by atoms with Crippen molar-refractivity contribution in [3.8, 4) is 5.69 Å². The fraction of sp³-hybridized carbons (Fsp3) is 0.118. The number of hydrogen-bond acceptors (Lipinski definition) is 3. The van der Waals surface area contributed by atoms with Crippen LogP contribution in [0.1, 0.15) is 11.3 Å². The van der Waals surface area contributed by atoms with Gasteiger partial charge in [-0.15, -0.1) is 5.10 Å². The lowest BCUT2D eigenvalue weighted by atomic mass is 10.2. The maximum atomic E-state index is 12.8. The van der Waals surface area contributed by atoms with Crippen molar-refractivity contribution in [1.29, 1.82) is 0 Å². The first-order valence-corrected chi connectivity index (χ1v) is 8.97. The molecule has 0 unspecified atom stereocenters. The van der Waals surface area contributed by atoms with E-state index in [1.807, 2.05) is 18.2 Å². The fourth-order valence-corrected chi connectivity index (χ4v) is 3.42. The second kappa shape index (κ2) is 6.49. The van der Waals surface area contributed by atoms with Gasteiger partial charge in [0.1, 0.15) is 0 Å². The predicted octanol–water partition coefficient (Wildman–Crippen LogP) is 4.00. The topological polar surface area (TPSA) is 64.0 Å². The van der Waals surface area contributed by atoms with E-state index in [1.165, 1.54) is 10.7 Å². The molecule has 0 fully saturated rings. The minimum atomic E-state index is -4.63. The molecule has 2 aromatic carbocycles. The van der Waals surface area contributed by atoms with Gasteiger partial charge >= 0.3 is 6.18 Å². The summed E-state index contributed by atoms with van der Waals surface area (Å²) >= 11 is 0. The van der Waals surface area contributed by atoms with E-state index >= 15 is 0 Å². The summed E-state index contributed by atoms with van der Waals surface area (Å²) in [5.74, 6) is 0.0174. The highest BCUT2D eigenvalue weighted by molar-refractivity contribution is 7.92. The van der Waals surface area contributed by atoms with Crippen molar-refractivity contribution in [1.82, 2.24) is 9.78 Å². The summed E-state index contributed by atoms with van der Waals surface area (Å²) in [6.45, 7) is 1.74. The molecule has 0 aliphatic carbocycles. The maximum Gasteiger partial charge on any atom is 0.416 e. The Kier molecular flexibility index (Phi) is 4.49. The van der Waals surface area contributed by atoms with Crippen LogP contribution >= 0.6 is 0 Å². The van der Waals surface area contributed by atoms with Gasteiger partial charge in [-0.2, -0.15) is 13.2 Å². The Morgan fingerprint density at radius 1 is 1.00 bits per heavy atom. The Morgan fingerprint density at radius 2 is 1.69 bits per heavy atom. The molecule has 3 aromatic rings. The van der Waals surface area contributed by atoms with Gasteiger partial charge in [-0.05, 0) is 37.3 Å². The highest BCUT2D eigenvalue weighted by Gasteiger charge is 2.31. The van der Waals surface area contributed by atoms with Crippen molar-refractivity contribution < 1.29 is 21.6 Å². The van der Waals surface area contributed by atoms with Crippen LogP contribution in [-0.4, -0.2) is 18.2 Å². The van der Waals surface area contributed by atoms with Crippen molar-refractivity contribution in [2.24, 2.45) is 0 Å². The minimum absolute atomic E-state index is 0.0174. The van der Waals surface area contributed by atoms with E-state index in [2.05, 4.69) is 9.82 Å². The molecule has 0 radical (unpaired) electrons.